The number of hydrogen-bond acceptors (Lipinski definition) is 6. The van der Waals surface area contributed by atoms with Crippen molar-refractivity contribution in [1.82, 2.24) is 20.2 Å². The lowest BCUT2D eigenvalue weighted by atomic mass is 10.2. The zero-order valence-corrected chi connectivity index (χ0v) is 11.1. The molecule has 2 unspecified atom stereocenters. The number of thioether (sulfide) groups is 1. The fourth-order valence-corrected chi connectivity index (χ4v) is 3.29. The van der Waals surface area contributed by atoms with Crippen LogP contribution < -0.4 is 0 Å². The predicted molar refractivity (Wildman–Crippen MR) is 66.5 cm³/mol. The van der Waals surface area contributed by atoms with Gasteiger partial charge in [-0.05, 0) is 36.1 Å². The molecule has 0 aromatic carbocycles. The number of ether oxygens (including phenoxy) is 2. The second-order valence-corrected chi connectivity index (χ2v) is 5.71. The lowest BCUT2D eigenvalue weighted by Crippen LogP contribution is -2.17. The van der Waals surface area contributed by atoms with Gasteiger partial charge in [-0.25, -0.2) is 4.68 Å². The molecule has 0 aliphatic carbocycles. The van der Waals surface area contributed by atoms with E-state index in [0.29, 0.717) is 6.10 Å². The summed E-state index contributed by atoms with van der Waals surface area (Å²) >= 11 is 1.68. The Hall–Kier alpha value is -0.660. The number of hydrogen-bond donors (Lipinski definition) is 0. The Morgan fingerprint density at radius 2 is 1.94 bits per heavy atom. The molecule has 0 radical (unpaired) electrons. The highest BCUT2D eigenvalue weighted by Crippen LogP contribution is 2.22. The van der Waals surface area contributed by atoms with Crippen molar-refractivity contribution in [3.63, 3.8) is 0 Å². The van der Waals surface area contributed by atoms with Crippen LogP contribution in [0.1, 0.15) is 25.7 Å². The first-order valence-electron chi connectivity index (χ1n) is 6.54. The van der Waals surface area contributed by atoms with Crippen molar-refractivity contribution in [2.24, 2.45) is 0 Å². The molecule has 18 heavy (non-hydrogen) atoms. The van der Waals surface area contributed by atoms with Crippen LogP contribution in [0.2, 0.25) is 0 Å². The van der Waals surface area contributed by atoms with E-state index in [0.717, 1.165) is 49.9 Å². The summed E-state index contributed by atoms with van der Waals surface area (Å²) in [6, 6.07) is 0. The van der Waals surface area contributed by atoms with Gasteiger partial charge in [0.2, 0.25) is 5.16 Å². The first-order valence-corrected chi connectivity index (χ1v) is 7.52. The van der Waals surface area contributed by atoms with E-state index >= 15 is 0 Å². The first kappa shape index (κ1) is 12.4. The molecule has 2 aliphatic heterocycles. The summed E-state index contributed by atoms with van der Waals surface area (Å²) in [6.07, 6.45) is 5.21. The number of aromatic nitrogens is 4. The summed E-state index contributed by atoms with van der Waals surface area (Å²) in [6.45, 7) is 2.53. The van der Waals surface area contributed by atoms with Crippen molar-refractivity contribution in [1.29, 1.82) is 0 Å². The third-order valence-electron chi connectivity index (χ3n) is 3.32. The van der Waals surface area contributed by atoms with E-state index in [-0.39, 0.29) is 6.10 Å². The fourth-order valence-electron chi connectivity index (χ4n) is 2.34. The Morgan fingerprint density at radius 3 is 2.67 bits per heavy atom. The summed E-state index contributed by atoms with van der Waals surface area (Å²) in [7, 11) is 0. The summed E-state index contributed by atoms with van der Waals surface area (Å²) in [4.78, 5) is 0. The number of rotatable bonds is 5. The predicted octanol–water partition coefficient (Wildman–Crippen LogP) is 1.12. The van der Waals surface area contributed by atoms with E-state index in [2.05, 4.69) is 15.5 Å². The van der Waals surface area contributed by atoms with Crippen LogP contribution >= 0.6 is 11.8 Å². The normalized spacial score (nSPS) is 28.0. The molecule has 0 amide bonds. The Labute approximate surface area is 110 Å². The molecule has 100 valence electrons. The monoisotopic (exact) mass is 270 g/mol. The van der Waals surface area contributed by atoms with Crippen LogP contribution in [0, 0.1) is 0 Å². The molecule has 0 N–H and O–H groups in total. The van der Waals surface area contributed by atoms with Gasteiger partial charge in [0.05, 0.1) is 18.8 Å². The molecule has 0 spiro atoms. The van der Waals surface area contributed by atoms with Gasteiger partial charge in [0, 0.05) is 19.0 Å². The Morgan fingerprint density at radius 1 is 1.17 bits per heavy atom. The summed E-state index contributed by atoms with van der Waals surface area (Å²) < 4.78 is 13.1. The second-order valence-electron chi connectivity index (χ2n) is 4.72. The first-order chi connectivity index (χ1) is 8.92. The van der Waals surface area contributed by atoms with Gasteiger partial charge in [-0.15, -0.1) is 5.10 Å². The average molecular weight is 270 g/mol. The third-order valence-corrected chi connectivity index (χ3v) is 4.41. The quantitative estimate of drug-likeness (QED) is 0.747. The highest BCUT2D eigenvalue weighted by molar-refractivity contribution is 7.99. The third kappa shape index (κ3) is 3.02. The summed E-state index contributed by atoms with van der Waals surface area (Å²) in [5.74, 6) is 0.936. The molecule has 3 rings (SSSR count). The molecule has 2 fully saturated rings. The smallest absolute Gasteiger partial charge is 0.209 e. The van der Waals surface area contributed by atoms with Gasteiger partial charge in [-0.1, -0.05) is 11.8 Å². The van der Waals surface area contributed by atoms with Crippen molar-refractivity contribution >= 4 is 11.8 Å². The van der Waals surface area contributed by atoms with Crippen LogP contribution in [0.15, 0.2) is 5.16 Å². The maximum Gasteiger partial charge on any atom is 0.209 e. The molecule has 2 aliphatic rings. The van der Waals surface area contributed by atoms with Crippen molar-refractivity contribution in [3.8, 4) is 0 Å². The molecule has 1 aromatic rings. The van der Waals surface area contributed by atoms with E-state index in [1.807, 2.05) is 4.68 Å². The molecule has 2 atom stereocenters. The zero-order valence-electron chi connectivity index (χ0n) is 10.3. The molecule has 2 saturated heterocycles. The number of nitrogens with zero attached hydrogens (tertiary/aromatic N) is 4. The van der Waals surface area contributed by atoms with Gasteiger partial charge in [0.1, 0.15) is 0 Å². The maximum absolute atomic E-state index is 5.61. The van der Waals surface area contributed by atoms with Crippen LogP contribution in [0.25, 0.3) is 0 Å². The second kappa shape index (κ2) is 5.99. The van der Waals surface area contributed by atoms with Crippen LogP contribution in [-0.4, -0.2) is 51.4 Å². The van der Waals surface area contributed by atoms with E-state index in [9.17, 15) is 0 Å². The molecule has 7 heteroatoms. The SMILES string of the molecule is C1COC(CSc2nnnn2CC2CCCO2)C1. The van der Waals surface area contributed by atoms with Crippen molar-refractivity contribution in [2.45, 2.75) is 49.6 Å². The maximum atomic E-state index is 5.61. The fraction of sp³-hybridized carbons (Fsp3) is 0.909. The highest BCUT2D eigenvalue weighted by atomic mass is 32.2. The molecule has 6 nitrogen and oxygen atoms in total. The summed E-state index contributed by atoms with van der Waals surface area (Å²) in [5, 5.41) is 12.7. The molecular weight excluding hydrogens is 252 g/mol. The minimum absolute atomic E-state index is 0.274. The molecule has 3 heterocycles. The lowest BCUT2D eigenvalue weighted by Gasteiger charge is -2.11. The number of tetrazole rings is 1. The Bertz CT molecular complexity index is 375. The van der Waals surface area contributed by atoms with Crippen molar-refractivity contribution in [3.05, 3.63) is 0 Å². The van der Waals surface area contributed by atoms with Crippen LogP contribution in [-0.2, 0) is 16.0 Å². The molecular formula is C11H18N4O2S. The van der Waals surface area contributed by atoms with Gasteiger partial charge in [-0.2, -0.15) is 0 Å². The Balaban J connectivity index is 1.53. The Kier molecular flexibility index (Phi) is 4.12. The molecule has 0 saturated carbocycles. The molecule has 0 bridgehead atoms. The van der Waals surface area contributed by atoms with E-state index in [4.69, 9.17) is 9.47 Å². The van der Waals surface area contributed by atoms with Gasteiger partial charge in [0.15, 0.2) is 0 Å². The van der Waals surface area contributed by atoms with Crippen LogP contribution in [0.5, 0.6) is 0 Å². The minimum Gasteiger partial charge on any atom is -0.377 e. The van der Waals surface area contributed by atoms with Gasteiger partial charge >= 0.3 is 0 Å². The van der Waals surface area contributed by atoms with Gasteiger partial charge in [-0.3, -0.25) is 0 Å². The van der Waals surface area contributed by atoms with Crippen molar-refractivity contribution in [2.75, 3.05) is 19.0 Å². The minimum atomic E-state index is 0.274. The zero-order chi connectivity index (χ0) is 12.2. The van der Waals surface area contributed by atoms with Crippen molar-refractivity contribution < 1.29 is 9.47 Å². The average Bonchev–Trinajstić information content (AvgIpc) is 3.10. The van der Waals surface area contributed by atoms with Crippen LogP contribution in [0.3, 0.4) is 0 Å². The largest absolute Gasteiger partial charge is 0.377 e. The van der Waals surface area contributed by atoms with Gasteiger partial charge in [0.25, 0.3) is 0 Å². The van der Waals surface area contributed by atoms with E-state index in [1.54, 1.807) is 11.8 Å². The standard InChI is InChI=1S/C11H18N4O2S/c1-3-9(16-5-1)7-15-11(12-13-14-15)18-8-10-4-2-6-17-10/h9-10H,1-8H2. The van der Waals surface area contributed by atoms with Gasteiger partial charge < -0.3 is 9.47 Å². The lowest BCUT2D eigenvalue weighted by molar-refractivity contribution is 0.0911. The summed E-state index contributed by atoms with van der Waals surface area (Å²) in [5.41, 5.74) is 0. The molecule has 1 aromatic heterocycles. The van der Waals surface area contributed by atoms with E-state index in [1.165, 1.54) is 6.42 Å². The highest BCUT2D eigenvalue weighted by Gasteiger charge is 2.21. The van der Waals surface area contributed by atoms with E-state index < -0.39 is 0 Å². The topological polar surface area (TPSA) is 62.1 Å². The van der Waals surface area contributed by atoms with Crippen LogP contribution in [0.4, 0.5) is 0 Å².